The molecule has 0 aliphatic heterocycles. The van der Waals surface area contributed by atoms with Gasteiger partial charge in [-0.3, -0.25) is 15.9 Å². The number of nitrogens with one attached hydrogen (secondary N) is 4. The fraction of sp³-hybridized carbons (Fsp3) is 0.481. The zero-order valence-electron chi connectivity index (χ0n) is 21.1. The molecule has 0 amide bonds. The third-order valence-electron chi connectivity index (χ3n) is 7.89. The molecule has 0 bridgehead atoms. The molecular formula is C27H32F3N7O. The highest BCUT2D eigenvalue weighted by molar-refractivity contribution is 5.96. The number of aliphatic hydroxyl groups is 1. The summed E-state index contributed by atoms with van der Waals surface area (Å²) in [5.41, 5.74) is 1.62. The fourth-order valence-electron chi connectivity index (χ4n) is 5.55. The highest BCUT2D eigenvalue weighted by Gasteiger charge is 2.35. The molecule has 2 aliphatic rings. The van der Waals surface area contributed by atoms with Gasteiger partial charge in [0.1, 0.15) is 17.2 Å². The molecule has 0 radical (unpaired) electrons. The summed E-state index contributed by atoms with van der Waals surface area (Å²) in [6.45, 7) is 0.121. The van der Waals surface area contributed by atoms with Crippen molar-refractivity contribution >= 4 is 23.1 Å². The van der Waals surface area contributed by atoms with Crippen LogP contribution in [0.3, 0.4) is 0 Å². The molecule has 0 spiro atoms. The van der Waals surface area contributed by atoms with Crippen molar-refractivity contribution in [3.8, 4) is 11.3 Å². The minimum atomic E-state index is -4.62. The van der Waals surface area contributed by atoms with Crippen molar-refractivity contribution in [1.82, 2.24) is 25.4 Å². The first-order chi connectivity index (χ1) is 18.2. The number of hydrogen-bond donors (Lipinski definition) is 5. The summed E-state index contributed by atoms with van der Waals surface area (Å²) in [6, 6.07) is 8.55. The molecule has 2 aromatic heterocycles. The number of pyridine rings is 1. The third kappa shape index (κ3) is 5.17. The topological polar surface area (TPSA) is 125 Å². The Labute approximate surface area is 218 Å². The van der Waals surface area contributed by atoms with E-state index in [4.69, 9.17) is 10.8 Å². The highest BCUT2D eigenvalue weighted by atomic mass is 19.4. The molecule has 2 heterocycles. The van der Waals surface area contributed by atoms with Gasteiger partial charge in [0.05, 0.1) is 23.7 Å². The maximum absolute atomic E-state index is 13.8. The molecule has 3 atom stereocenters. The maximum Gasteiger partial charge on any atom is 0.433 e. The van der Waals surface area contributed by atoms with E-state index in [1.165, 1.54) is 4.90 Å². The fourth-order valence-corrected chi connectivity index (χ4v) is 5.55. The number of amidine groups is 1. The molecule has 11 heteroatoms. The predicted octanol–water partition coefficient (Wildman–Crippen LogP) is 5.05. The molecule has 0 saturated heterocycles. The van der Waals surface area contributed by atoms with Crippen molar-refractivity contribution < 1.29 is 18.3 Å². The van der Waals surface area contributed by atoms with Gasteiger partial charge in [0, 0.05) is 36.5 Å². The summed E-state index contributed by atoms with van der Waals surface area (Å²) in [4.78, 5) is 5.41. The van der Waals surface area contributed by atoms with Gasteiger partial charge in [0.25, 0.3) is 0 Å². The van der Waals surface area contributed by atoms with E-state index in [1.54, 1.807) is 7.05 Å². The van der Waals surface area contributed by atoms with Crippen molar-refractivity contribution in [2.45, 2.75) is 69.3 Å². The van der Waals surface area contributed by atoms with Gasteiger partial charge in [0.15, 0.2) is 0 Å². The third-order valence-corrected chi connectivity index (χ3v) is 7.89. The number of H-pyrrole nitrogens is 1. The Morgan fingerprint density at radius 3 is 2.68 bits per heavy atom. The lowest BCUT2D eigenvalue weighted by atomic mass is 9.72. The minimum Gasteiger partial charge on any atom is -0.393 e. The van der Waals surface area contributed by atoms with Crippen LogP contribution >= 0.6 is 0 Å². The molecular weight excluding hydrogens is 495 g/mol. The smallest absolute Gasteiger partial charge is 0.393 e. The Morgan fingerprint density at radius 2 is 2.05 bits per heavy atom. The number of halogens is 3. The summed E-state index contributed by atoms with van der Waals surface area (Å²) in [5, 5.41) is 37.0. The van der Waals surface area contributed by atoms with Crippen LogP contribution < -0.4 is 5.32 Å². The largest absolute Gasteiger partial charge is 0.433 e. The lowest BCUT2D eigenvalue weighted by molar-refractivity contribution is -0.141. The maximum atomic E-state index is 13.8. The van der Waals surface area contributed by atoms with E-state index in [9.17, 15) is 18.3 Å². The van der Waals surface area contributed by atoms with Crippen LogP contribution in [0.5, 0.6) is 0 Å². The van der Waals surface area contributed by atoms with Crippen LogP contribution in [0, 0.1) is 16.7 Å². The van der Waals surface area contributed by atoms with Gasteiger partial charge in [-0.05, 0) is 55.7 Å². The molecule has 2 fully saturated rings. The molecule has 0 unspecified atom stereocenters. The van der Waals surface area contributed by atoms with Crippen molar-refractivity contribution in [2.75, 3.05) is 7.05 Å². The second-order valence-electron chi connectivity index (χ2n) is 10.4. The predicted molar refractivity (Wildman–Crippen MR) is 139 cm³/mol. The standard InChI is InChI=1S/C27H32F3N7O/c1-37(14-31)26(32)23(15-4-2-5-15)16-6-3-7-17(10-16)24-20-12-22(27(28,29)30)34-21(25(20)36-35-24)13-33-18-8-9-19(38)11-18/h3,6-7,10,12,14-15,18-19,23,31-33,38H,2,4-5,8-9,11,13H2,1H3,(H,35,36)/t18-,19+,23-/m1/s1. The van der Waals surface area contributed by atoms with Gasteiger partial charge in [0.2, 0.25) is 0 Å². The average Bonchev–Trinajstić information content (AvgIpc) is 3.49. The SMILES string of the molecule is CN(C=N)C(=N)[C@@H](c1cccc(-c2n[nH]c3c(CN[C@@H]4CC[C@H](O)C4)nc(C(F)(F)F)cc23)c1)C1CCC1. The van der Waals surface area contributed by atoms with Crippen molar-refractivity contribution in [3.05, 3.63) is 47.3 Å². The van der Waals surface area contributed by atoms with Crippen LogP contribution in [-0.4, -0.2) is 56.6 Å². The number of nitrogens with zero attached hydrogens (tertiary/aromatic N) is 3. The van der Waals surface area contributed by atoms with E-state index in [0.717, 1.165) is 43.7 Å². The molecule has 8 nitrogen and oxygen atoms in total. The molecule has 38 heavy (non-hydrogen) atoms. The van der Waals surface area contributed by atoms with Gasteiger partial charge in [-0.25, -0.2) is 4.98 Å². The molecule has 2 aliphatic carbocycles. The number of alkyl halides is 3. The number of aromatic nitrogens is 3. The van der Waals surface area contributed by atoms with Crippen LogP contribution in [-0.2, 0) is 12.7 Å². The summed E-state index contributed by atoms with van der Waals surface area (Å²) < 4.78 is 41.5. The second-order valence-corrected chi connectivity index (χ2v) is 10.4. The summed E-state index contributed by atoms with van der Waals surface area (Å²) in [6.07, 6.45) is 1.17. The van der Waals surface area contributed by atoms with Crippen LogP contribution in [0.1, 0.15) is 61.4 Å². The molecule has 5 rings (SSSR count). The number of hydrogen-bond acceptors (Lipinski definition) is 6. The van der Waals surface area contributed by atoms with Crippen LogP contribution in [0.4, 0.5) is 13.2 Å². The first kappa shape index (κ1) is 26.3. The number of fused-ring (bicyclic) bond motifs is 1. The quantitative estimate of drug-likeness (QED) is 0.207. The Balaban J connectivity index is 1.53. The number of likely N-dealkylation sites (N-methyl/N-ethyl adjacent to an activating group) is 1. The molecule has 1 aromatic carbocycles. The molecule has 3 aromatic rings. The van der Waals surface area contributed by atoms with E-state index in [2.05, 4.69) is 20.5 Å². The Morgan fingerprint density at radius 1 is 1.26 bits per heavy atom. The van der Waals surface area contributed by atoms with Crippen molar-refractivity contribution in [1.29, 1.82) is 10.8 Å². The number of aliphatic hydroxyl groups excluding tert-OH is 1. The summed E-state index contributed by atoms with van der Waals surface area (Å²) in [5.74, 6) is 0.390. The van der Waals surface area contributed by atoms with E-state index < -0.39 is 18.0 Å². The average molecular weight is 528 g/mol. The van der Waals surface area contributed by atoms with Crippen LogP contribution in [0.15, 0.2) is 30.3 Å². The summed E-state index contributed by atoms with van der Waals surface area (Å²) >= 11 is 0. The Hall–Kier alpha value is -3.31. The van der Waals surface area contributed by atoms with E-state index in [0.29, 0.717) is 40.8 Å². The second kappa shape index (κ2) is 10.5. The number of benzene rings is 1. The first-order valence-electron chi connectivity index (χ1n) is 12.9. The van der Waals surface area contributed by atoms with Crippen LogP contribution in [0.25, 0.3) is 22.2 Å². The zero-order chi connectivity index (χ0) is 27.0. The summed E-state index contributed by atoms with van der Waals surface area (Å²) in [7, 11) is 1.68. The molecule has 202 valence electrons. The Kier molecular flexibility index (Phi) is 7.23. The highest BCUT2D eigenvalue weighted by Crippen LogP contribution is 2.42. The van der Waals surface area contributed by atoms with E-state index in [1.807, 2.05) is 24.3 Å². The monoisotopic (exact) mass is 527 g/mol. The minimum absolute atomic E-state index is 0.0216. The van der Waals surface area contributed by atoms with Gasteiger partial charge >= 0.3 is 6.18 Å². The molecule has 5 N–H and O–H groups in total. The van der Waals surface area contributed by atoms with E-state index in [-0.39, 0.29) is 30.1 Å². The lowest BCUT2D eigenvalue weighted by Gasteiger charge is -2.36. The normalized spacial score (nSPS) is 20.9. The van der Waals surface area contributed by atoms with E-state index >= 15 is 0 Å². The Bertz CT molecular complexity index is 1330. The lowest BCUT2D eigenvalue weighted by Crippen LogP contribution is -2.36. The van der Waals surface area contributed by atoms with Crippen molar-refractivity contribution in [3.63, 3.8) is 0 Å². The first-order valence-corrected chi connectivity index (χ1v) is 12.9. The number of aromatic amines is 1. The van der Waals surface area contributed by atoms with Gasteiger partial charge in [-0.1, -0.05) is 24.6 Å². The van der Waals surface area contributed by atoms with Gasteiger partial charge in [-0.15, -0.1) is 0 Å². The van der Waals surface area contributed by atoms with Crippen molar-refractivity contribution in [2.24, 2.45) is 5.92 Å². The number of rotatable bonds is 8. The molecule has 2 saturated carbocycles. The van der Waals surface area contributed by atoms with Gasteiger partial charge in [-0.2, -0.15) is 18.3 Å². The van der Waals surface area contributed by atoms with Gasteiger partial charge < -0.3 is 15.3 Å². The zero-order valence-corrected chi connectivity index (χ0v) is 21.1. The van der Waals surface area contributed by atoms with Crippen LogP contribution in [0.2, 0.25) is 0 Å².